The highest BCUT2D eigenvalue weighted by molar-refractivity contribution is 8.03. The van der Waals surface area contributed by atoms with Crippen molar-refractivity contribution in [2.24, 2.45) is 0 Å². The number of anilines is 1. The number of nitrogens with one attached hydrogen (secondary N) is 1. The first-order valence-corrected chi connectivity index (χ1v) is 7.27. The minimum absolute atomic E-state index is 0.0338. The molecule has 4 nitrogen and oxygen atoms in total. The summed E-state index contributed by atoms with van der Waals surface area (Å²) in [5.74, 6) is 0. The Balaban J connectivity index is 2.19. The van der Waals surface area contributed by atoms with Crippen molar-refractivity contribution in [3.8, 4) is 0 Å². The molecule has 21 heavy (non-hydrogen) atoms. The summed E-state index contributed by atoms with van der Waals surface area (Å²) in [6.07, 6.45) is -4.49. The molecule has 1 fully saturated rings. The van der Waals surface area contributed by atoms with Crippen molar-refractivity contribution < 1.29 is 18.0 Å². The van der Waals surface area contributed by atoms with Gasteiger partial charge >= 0.3 is 12.2 Å². The molecule has 2 rings (SSSR count). The van der Waals surface area contributed by atoms with Crippen LogP contribution in [0.4, 0.5) is 23.7 Å². The largest absolute Gasteiger partial charge is 0.416 e. The lowest BCUT2D eigenvalue weighted by Crippen LogP contribution is -2.31. The molecule has 0 spiro atoms. The van der Waals surface area contributed by atoms with Gasteiger partial charge in [0.15, 0.2) is 0 Å². The molecule has 0 unspecified atom stereocenters. The molecular formula is C10H7Cl3F3N3OS. The first kappa shape index (κ1) is 16.8. The van der Waals surface area contributed by atoms with Crippen molar-refractivity contribution >= 4 is 58.5 Å². The molecule has 0 atom stereocenters. The van der Waals surface area contributed by atoms with E-state index in [4.69, 9.17) is 34.8 Å². The number of hydrazine groups is 1. The highest BCUT2D eigenvalue weighted by Gasteiger charge is 2.37. The number of carbonyl (C=O) groups excluding carboxylic acids is 1. The molecular weight excluding hydrogens is 374 g/mol. The Morgan fingerprint density at radius 3 is 2.48 bits per heavy atom. The molecule has 0 bridgehead atoms. The summed E-state index contributed by atoms with van der Waals surface area (Å²) in [4.78, 5) is 13.2. The van der Waals surface area contributed by atoms with Gasteiger partial charge in [0.1, 0.15) is 0 Å². The fraction of sp³-hybridized carbons (Fsp3) is 0.300. The Bertz CT molecular complexity index is 552. The van der Waals surface area contributed by atoms with Gasteiger partial charge in [-0.1, -0.05) is 40.9 Å². The zero-order valence-corrected chi connectivity index (χ0v) is 13.1. The van der Waals surface area contributed by atoms with E-state index < -0.39 is 20.9 Å². The Labute approximate surface area is 137 Å². The van der Waals surface area contributed by atoms with E-state index in [1.807, 2.05) is 0 Å². The Kier molecular flexibility index (Phi) is 4.75. The number of alkyl halides is 6. The molecule has 1 aromatic rings. The molecule has 1 N–H and O–H groups in total. The van der Waals surface area contributed by atoms with Gasteiger partial charge in [-0.05, 0) is 18.2 Å². The maximum Gasteiger partial charge on any atom is 0.416 e. The molecule has 0 saturated carbocycles. The fourth-order valence-electron chi connectivity index (χ4n) is 1.61. The number of rotatable bonds is 2. The van der Waals surface area contributed by atoms with Crippen LogP contribution in [0.1, 0.15) is 5.56 Å². The van der Waals surface area contributed by atoms with Crippen molar-refractivity contribution in [2.45, 2.75) is 9.30 Å². The van der Waals surface area contributed by atoms with E-state index >= 15 is 0 Å². The summed E-state index contributed by atoms with van der Waals surface area (Å²) in [6.45, 7) is -0.0338. The van der Waals surface area contributed by atoms with Crippen LogP contribution in [0.2, 0.25) is 0 Å². The number of amides is 2. The van der Waals surface area contributed by atoms with E-state index in [2.05, 4.69) is 5.43 Å². The topological polar surface area (TPSA) is 35.6 Å². The average molecular weight is 381 g/mol. The van der Waals surface area contributed by atoms with E-state index in [1.54, 1.807) is 0 Å². The molecule has 0 aromatic heterocycles. The van der Waals surface area contributed by atoms with Crippen LogP contribution in [0.15, 0.2) is 24.3 Å². The van der Waals surface area contributed by atoms with Gasteiger partial charge in [0.25, 0.3) is 3.12 Å². The van der Waals surface area contributed by atoms with Gasteiger partial charge in [-0.15, -0.1) is 0 Å². The van der Waals surface area contributed by atoms with Gasteiger partial charge in [-0.3, -0.25) is 4.90 Å². The lowest BCUT2D eigenvalue weighted by molar-refractivity contribution is -0.137. The number of halogens is 6. The first-order chi connectivity index (χ1) is 9.58. The monoisotopic (exact) mass is 379 g/mol. The van der Waals surface area contributed by atoms with Crippen LogP contribution in [0.25, 0.3) is 0 Å². The van der Waals surface area contributed by atoms with E-state index in [0.717, 1.165) is 21.4 Å². The van der Waals surface area contributed by atoms with Crippen molar-refractivity contribution in [3.05, 3.63) is 29.8 Å². The molecule has 11 heteroatoms. The minimum Gasteiger partial charge on any atom is -0.278 e. The number of nitrogens with zero attached hydrogens (tertiary/aromatic N) is 2. The molecule has 116 valence electrons. The maximum absolute atomic E-state index is 12.7. The second-order valence-electron chi connectivity index (χ2n) is 3.91. The highest BCUT2D eigenvalue weighted by Crippen LogP contribution is 2.42. The van der Waals surface area contributed by atoms with Crippen LogP contribution < -0.4 is 10.3 Å². The van der Waals surface area contributed by atoms with Crippen LogP contribution in [0.3, 0.4) is 0 Å². The lowest BCUT2D eigenvalue weighted by Gasteiger charge is -2.19. The Morgan fingerprint density at radius 1 is 1.24 bits per heavy atom. The highest BCUT2D eigenvalue weighted by atomic mass is 35.6. The van der Waals surface area contributed by atoms with E-state index in [9.17, 15) is 18.0 Å². The van der Waals surface area contributed by atoms with Crippen molar-refractivity contribution in [3.63, 3.8) is 0 Å². The van der Waals surface area contributed by atoms with Crippen molar-refractivity contribution in [2.75, 3.05) is 11.6 Å². The van der Waals surface area contributed by atoms with Crippen LogP contribution in [0.5, 0.6) is 0 Å². The van der Waals surface area contributed by atoms with Crippen molar-refractivity contribution in [1.29, 1.82) is 0 Å². The van der Waals surface area contributed by atoms with E-state index in [1.165, 1.54) is 12.1 Å². The predicted molar refractivity (Wildman–Crippen MR) is 77.0 cm³/mol. The smallest absolute Gasteiger partial charge is 0.278 e. The van der Waals surface area contributed by atoms with E-state index in [0.29, 0.717) is 11.9 Å². The van der Waals surface area contributed by atoms with E-state index in [-0.39, 0.29) is 12.4 Å². The van der Waals surface area contributed by atoms with Crippen LogP contribution in [0, 0.1) is 0 Å². The zero-order valence-electron chi connectivity index (χ0n) is 10.00. The second kappa shape index (κ2) is 5.92. The third-order valence-electron chi connectivity index (χ3n) is 2.46. The maximum atomic E-state index is 12.7. The first-order valence-electron chi connectivity index (χ1n) is 5.36. The van der Waals surface area contributed by atoms with Crippen LogP contribution in [-0.4, -0.2) is 20.2 Å². The lowest BCUT2D eigenvalue weighted by atomic mass is 10.2. The van der Waals surface area contributed by atoms with Gasteiger partial charge in [0, 0.05) is 17.6 Å². The zero-order chi connectivity index (χ0) is 15.8. The summed E-state index contributed by atoms with van der Waals surface area (Å²) >= 11 is 17.2. The predicted octanol–water partition coefficient (Wildman–Crippen LogP) is 4.39. The summed E-state index contributed by atoms with van der Waals surface area (Å²) in [6, 6.07) is 3.77. The molecule has 1 aliphatic heterocycles. The molecule has 2 amide bonds. The van der Waals surface area contributed by atoms with Crippen LogP contribution >= 0.6 is 46.8 Å². The fourth-order valence-corrected chi connectivity index (χ4v) is 2.73. The summed E-state index contributed by atoms with van der Waals surface area (Å²) in [5.41, 5.74) is 1.85. The normalized spacial score (nSPS) is 16.8. The SMILES string of the molecule is O=C1N(SC(Cl)(Cl)Cl)NCN1c1cccc(C(F)(F)F)c1. The number of hydrogen-bond acceptors (Lipinski definition) is 3. The van der Waals surface area contributed by atoms with Gasteiger partial charge in [0.05, 0.1) is 12.2 Å². The molecule has 1 aliphatic rings. The second-order valence-corrected chi connectivity index (χ2v) is 8.02. The third-order valence-corrected chi connectivity index (χ3v) is 3.75. The van der Waals surface area contributed by atoms with Crippen LogP contribution in [-0.2, 0) is 6.18 Å². The van der Waals surface area contributed by atoms with Gasteiger partial charge in [-0.2, -0.15) is 23.0 Å². The van der Waals surface area contributed by atoms with Gasteiger partial charge < -0.3 is 0 Å². The third kappa shape index (κ3) is 4.23. The van der Waals surface area contributed by atoms with Crippen molar-refractivity contribution in [1.82, 2.24) is 9.84 Å². The number of benzene rings is 1. The Hall–Kier alpha value is -0.540. The molecule has 1 saturated heterocycles. The minimum atomic E-state index is -4.49. The standard InChI is InChI=1S/C10H7Cl3F3N3OS/c11-10(12,13)21-19-8(20)18(5-17-19)7-3-1-2-6(4-7)9(14,15)16/h1-4,17H,5H2. The number of carbonyl (C=O) groups is 1. The number of hydrogen-bond donors (Lipinski definition) is 1. The Morgan fingerprint density at radius 2 is 1.90 bits per heavy atom. The molecule has 1 heterocycles. The summed E-state index contributed by atoms with van der Waals surface area (Å²) in [7, 11) is 0. The summed E-state index contributed by atoms with van der Waals surface area (Å²) < 4.78 is 37.2. The quantitative estimate of drug-likeness (QED) is 0.611. The molecule has 0 aliphatic carbocycles. The molecule has 0 radical (unpaired) electrons. The summed E-state index contributed by atoms with van der Waals surface area (Å²) in [5, 5.41) is 0. The average Bonchev–Trinajstić information content (AvgIpc) is 2.68. The van der Waals surface area contributed by atoms with Gasteiger partial charge in [-0.25, -0.2) is 4.79 Å². The van der Waals surface area contributed by atoms with Gasteiger partial charge in [0.2, 0.25) is 0 Å². The molecule has 1 aromatic carbocycles. The number of urea groups is 1.